The van der Waals surface area contributed by atoms with Gasteiger partial charge in [-0.1, -0.05) is 0 Å². The second-order valence-corrected chi connectivity index (χ2v) is 6.86. The van der Waals surface area contributed by atoms with Crippen LogP contribution in [-0.4, -0.2) is 20.9 Å². The lowest BCUT2D eigenvalue weighted by atomic mass is 10.0. The second-order valence-electron chi connectivity index (χ2n) is 5.95. The van der Waals surface area contributed by atoms with Crippen LogP contribution >= 0.6 is 11.3 Å². The van der Waals surface area contributed by atoms with Crippen LogP contribution in [0.2, 0.25) is 0 Å². The van der Waals surface area contributed by atoms with Gasteiger partial charge in [-0.25, -0.2) is 8.78 Å². The van der Waals surface area contributed by atoms with E-state index in [0.717, 1.165) is 28.2 Å². The van der Waals surface area contributed by atoms with Crippen LogP contribution in [0.4, 0.5) is 22.0 Å². The number of alkyl halides is 5. The van der Waals surface area contributed by atoms with Crippen LogP contribution in [0.5, 0.6) is 5.75 Å². The minimum Gasteiger partial charge on any atom is -0.487 e. The van der Waals surface area contributed by atoms with Crippen molar-refractivity contribution in [2.24, 2.45) is 7.05 Å². The van der Waals surface area contributed by atoms with E-state index in [1.165, 1.54) is 18.5 Å². The van der Waals surface area contributed by atoms with Gasteiger partial charge in [-0.2, -0.15) is 18.3 Å². The largest absolute Gasteiger partial charge is 0.487 e. The maximum Gasteiger partial charge on any atom is 0.435 e. The number of aryl methyl sites for hydroxylation is 1. The molecule has 0 fully saturated rings. The molecule has 2 aromatic heterocycles. The van der Waals surface area contributed by atoms with Gasteiger partial charge in [0.05, 0.1) is 12.1 Å². The Bertz CT molecular complexity index is 1030. The van der Waals surface area contributed by atoms with Gasteiger partial charge in [0.2, 0.25) is 0 Å². The maximum absolute atomic E-state index is 13.5. The number of nitrogens with zero attached hydrogens (tertiary/aromatic N) is 2. The Balaban J connectivity index is 1.90. The third-order valence-corrected chi connectivity index (χ3v) is 4.96. The fraction of sp³-hybridized carbons (Fsp3) is 0.294. The summed E-state index contributed by atoms with van der Waals surface area (Å²) in [7, 11) is 1.32. The highest BCUT2D eigenvalue weighted by molar-refractivity contribution is 7.17. The number of benzene rings is 1. The first-order valence-electron chi connectivity index (χ1n) is 7.83. The number of aromatic nitrogens is 2. The molecular formula is C17H13F5N2O3S. The molecule has 1 aromatic carbocycles. The summed E-state index contributed by atoms with van der Waals surface area (Å²) < 4.78 is 72.0. The van der Waals surface area contributed by atoms with Gasteiger partial charge in [-0.05, 0) is 29.1 Å². The molecule has 0 aliphatic heterocycles. The van der Waals surface area contributed by atoms with E-state index in [1.54, 1.807) is 0 Å². The first-order chi connectivity index (χ1) is 13.1. The van der Waals surface area contributed by atoms with E-state index in [9.17, 15) is 26.7 Å². The Morgan fingerprint density at radius 3 is 2.61 bits per heavy atom. The molecular weight excluding hydrogens is 407 g/mol. The minimum atomic E-state index is -4.60. The highest BCUT2D eigenvalue weighted by atomic mass is 32.1. The van der Waals surface area contributed by atoms with E-state index >= 15 is 0 Å². The van der Waals surface area contributed by atoms with Crippen LogP contribution in [0.1, 0.15) is 28.9 Å². The number of carbonyl (C=O) groups is 1. The Hall–Kier alpha value is -2.69. The van der Waals surface area contributed by atoms with Crippen LogP contribution in [0.3, 0.4) is 0 Å². The molecule has 0 aliphatic carbocycles. The summed E-state index contributed by atoms with van der Waals surface area (Å²) in [6, 6.07) is 3.35. The number of aliphatic carboxylic acids is 1. The Labute approximate surface area is 159 Å². The van der Waals surface area contributed by atoms with Crippen molar-refractivity contribution in [3.8, 4) is 5.75 Å². The van der Waals surface area contributed by atoms with Crippen LogP contribution in [0, 0.1) is 0 Å². The second kappa shape index (κ2) is 7.38. The lowest BCUT2D eigenvalue weighted by Gasteiger charge is -2.10. The number of hydrogen-bond acceptors (Lipinski definition) is 4. The van der Waals surface area contributed by atoms with Gasteiger partial charge in [0, 0.05) is 22.7 Å². The summed E-state index contributed by atoms with van der Waals surface area (Å²) in [5.74, 6) is -1.10. The molecule has 0 radical (unpaired) electrons. The number of ether oxygens (including phenoxy) is 1. The van der Waals surface area contributed by atoms with E-state index in [0.29, 0.717) is 4.70 Å². The molecule has 0 spiro atoms. The number of halogens is 5. The fourth-order valence-corrected chi connectivity index (χ4v) is 3.75. The summed E-state index contributed by atoms with van der Waals surface area (Å²) in [5, 5.41) is 13.9. The van der Waals surface area contributed by atoms with Crippen LogP contribution < -0.4 is 4.74 Å². The van der Waals surface area contributed by atoms with Gasteiger partial charge in [0.25, 0.3) is 6.43 Å². The van der Waals surface area contributed by atoms with E-state index < -0.39 is 30.7 Å². The third kappa shape index (κ3) is 4.08. The lowest BCUT2D eigenvalue weighted by molar-refractivity contribution is -0.141. The zero-order chi connectivity index (χ0) is 20.6. The van der Waals surface area contributed by atoms with E-state index in [-0.39, 0.29) is 34.6 Å². The summed E-state index contributed by atoms with van der Waals surface area (Å²) in [4.78, 5) is 10.9. The molecule has 1 N–H and O–H groups in total. The summed E-state index contributed by atoms with van der Waals surface area (Å²) in [6.07, 6.45) is -7.87. The molecule has 150 valence electrons. The topological polar surface area (TPSA) is 64.4 Å². The van der Waals surface area contributed by atoms with Crippen LogP contribution in [0.15, 0.2) is 23.6 Å². The van der Waals surface area contributed by atoms with Crippen LogP contribution in [0.25, 0.3) is 10.1 Å². The Kier molecular flexibility index (Phi) is 5.28. The van der Waals surface area contributed by atoms with Crippen molar-refractivity contribution in [1.82, 2.24) is 9.78 Å². The van der Waals surface area contributed by atoms with Crippen molar-refractivity contribution in [3.63, 3.8) is 0 Å². The lowest BCUT2D eigenvalue weighted by Crippen LogP contribution is -2.06. The summed E-state index contributed by atoms with van der Waals surface area (Å²) in [5.41, 5.74) is -1.07. The van der Waals surface area contributed by atoms with Crippen molar-refractivity contribution in [2.75, 3.05) is 0 Å². The molecule has 3 rings (SSSR count). The molecule has 5 nitrogen and oxygen atoms in total. The highest BCUT2D eigenvalue weighted by Gasteiger charge is 2.34. The highest BCUT2D eigenvalue weighted by Crippen LogP contribution is 2.38. The first-order valence-corrected chi connectivity index (χ1v) is 8.71. The number of carboxylic acids is 1. The normalized spacial score (nSPS) is 12.1. The standard InChI is InChI=1S/C17H13F5N2O3S/c1-24-9(3-13(23-24)17(20,21)22)6-27-10-4-11(16(18)19)15-8(2-14(25)26)7-28-12(15)5-10/h3-5,7,16H,2,6H2,1H3,(H,25,26). The molecule has 0 atom stereocenters. The van der Waals surface area contributed by atoms with E-state index in [2.05, 4.69) is 5.10 Å². The molecule has 0 amide bonds. The summed E-state index contributed by atoms with van der Waals surface area (Å²) >= 11 is 1.09. The number of rotatable bonds is 6. The number of fused-ring (bicyclic) bond motifs is 1. The van der Waals surface area contributed by atoms with Gasteiger partial charge < -0.3 is 9.84 Å². The molecule has 2 heterocycles. The van der Waals surface area contributed by atoms with Crippen molar-refractivity contribution < 1.29 is 36.6 Å². The van der Waals surface area contributed by atoms with Crippen molar-refractivity contribution in [2.45, 2.75) is 25.6 Å². The molecule has 0 unspecified atom stereocenters. The predicted octanol–water partition coefficient (Wildman–Crippen LogP) is 4.80. The van der Waals surface area contributed by atoms with Gasteiger partial charge in [0.15, 0.2) is 5.69 Å². The molecule has 0 saturated heterocycles. The molecule has 0 bridgehead atoms. The Morgan fingerprint density at radius 2 is 2.04 bits per heavy atom. The monoisotopic (exact) mass is 420 g/mol. The molecule has 0 aliphatic rings. The maximum atomic E-state index is 13.5. The van der Waals surface area contributed by atoms with Gasteiger partial charge in [-0.3, -0.25) is 9.48 Å². The smallest absolute Gasteiger partial charge is 0.435 e. The SMILES string of the molecule is Cn1nc(C(F)(F)F)cc1COc1cc(C(F)F)c2c(CC(=O)O)csc2c1. The fourth-order valence-electron chi connectivity index (χ4n) is 2.73. The summed E-state index contributed by atoms with van der Waals surface area (Å²) in [6.45, 7) is -0.304. The average Bonchev–Trinajstić information content (AvgIpc) is 3.15. The molecule has 0 saturated carbocycles. The molecule has 11 heteroatoms. The van der Waals surface area contributed by atoms with E-state index in [4.69, 9.17) is 9.84 Å². The average molecular weight is 420 g/mol. The quantitative estimate of drug-likeness (QED) is 0.582. The van der Waals surface area contributed by atoms with Gasteiger partial charge >= 0.3 is 12.1 Å². The molecule has 28 heavy (non-hydrogen) atoms. The zero-order valence-corrected chi connectivity index (χ0v) is 15.1. The number of carboxylic acid groups (broad SMARTS) is 1. The van der Waals surface area contributed by atoms with Crippen molar-refractivity contribution in [3.05, 3.63) is 46.1 Å². The predicted molar refractivity (Wildman–Crippen MR) is 90.7 cm³/mol. The minimum absolute atomic E-state index is 0.0429. The first kappa shape index (κ1) is 20.1. The van der Waals surface area contributed by atoms with Crippen molar-refractivity contribution >= 4 is 27.4 Å². The number of thiophene rings is 1. The third-order valence-electron chi connectivity index (χ3n) is 3.99. The zero-order valence-electron chi connectivity index (χ0n) is 14.3. The van der Waals surface area contributed by atoms with Crippen molar-refractivity contribution in [1.29, 1.82) is 0 Å². The molecule has 3 aromatic rings. The Morgan fingerprint density at radius 1 is 1.32 bits per heavy atom. The van der Waals surface area contributed by atoms with Gasteiger partial charge in [0.1, 0.15) is 12.4 Å². The number of hydrogen-bond donors (Lipinski definition) is 1. The van der Waals surface area contributed by atoms with Crippen LogP contribution in [-0.2, 0) is 31.0 Å². The van der Waals surface area contributed by atoms with E-state index in [1.807, 2.05) is 0 Å². The van der Waals surface area contributed by atoms with Gasteiger partial charge in [-0.15, -0.1) is 11.3 Å².